The van der Waals surface area contributed by atoms with Crippen LogP contribution in [0.1, 0.15) is 34.6 Å². The van der Waals surface area contributed by atoms with Crippen molar-refractivity contribution in [3.63, 3.8) is 0 Å². The van der Waals surface area contributed by atoms with Crippen LogP contribution in [-0.4, -0.2) is 79.7 Å². The molecule has 0 bridgehead atoms. The van der Waals surface area contributed by atoms with Crippen LogP contribution >= 0.6 is 11.3 Å². The van der Waals surface area contributed by atoms with Crippen LogP contribution in [0.25, 0.3) is 0 Å². The predicted molar refractivity (Wildman–Crippen MR) is 129 cm³/mol. The molecule has 0 unspecified atom stereocenters. The average Bonchev–Trinajstić information content (AvgIpc) is 3.48. The standard InChI is InChI=1S/C25H30N2O6S/c1-3-33-18-8-7-17(16-19(18)31-2)22-21(23(28)20-6-4-15-34-20)24(29)25(30)27(22)10-5-9-26-11-13-32-14-12-26/h4,6-8,15-16,22,29H,3,5,9-14H2,1-2H3/t22-/m0/s1. The van der Waals surface area contributed by atoms with E-state index in [0.29, 0.717) is 54.7 Å². The van der Waals surface area contributed by atoms with E-state index in [9.17, 15) is 14.7 Å². The third-order valence-electron chi connectivity index (χ3n) is 6.07. The van der Waals surface area contributed by atoms with Gasteiger partial charge in [0.15, 0.2) is 17.3 Å². The topological polar surface area (TPSA) is 88.5 Å². The van der Waals surface area contributed by atoms with E-state index in [-0.39, 0.29) is 11.4 Å². The lowest BCUT2D eigenvalue weighted by molar-refractivity contribution is -0.129. The Morgan fingerprint density at radius 3 is 2.68 bits per heavy atom. The molecule has 1 amide bonds. The number of morpholine rings is 1. The van der Waals surface area contributed by atoms with Crippen LogP contribution in [0.15, 0.2) is 47.0 Å². The zero-order chi connectivity index (χ0) is 24.1. The van der Waals surface area contributed by atoms with Crippen molar-refractivity contribution in [1.29, 1.82) is 0 Å². The number of nitrogens with zero attached hydrogens (tertiary/aromatic N) is 2. The van der Waals surface area contributed by atoms with E-state index in [1.807, 2.05) is 13.0 Å². The minimum Gasteiger partial charge on any atom is -0.503 e. The quantitative estimate of drug-likeness (QED) is 0.515. The molecule has 0 saturated carbocycles. The van der Waals surface area contributed by atoms with Gasteiger partial charge in [-0.25, -0.2) is 0 Å². The molecule has 34 heavy (non-hydrogen) atoms. The zero-order valence-corrected chi connectivity index (χ0v) is 20.3. The van der Waals surface area contributed by atoms with Crippen LogP contribution in [0.3, 0.4) is 0 Å². The van der Waals surface area contributed by atoms with Crippen LogP contribution < -0.4 is 9.47 Å². The van der Waals surface area contributed by atoms with Crippen LogP contribution in [0.4, 0.5) is 0 Å². The summed E-state index contributed by atoms with van der Waals surface area (Å²) in [6.45, 7) is 6.71. The maximum absolute atomic E-state index is 13.4. The molecule has 0 radical (unpaired) electrons. The maximum Gasteiger partial charge on any atom is 0.290 e. The molecule has 2 aromatic rings. The number of Topliss-reactive ketones (excluding diaryl/α,β-unsaturated/α-hetero) is 1. The first-order chi connectivity index (χ1) is 16.5. The number of carbonyl (C=O) groups excluding carboxylic acids is 2. The Morgan fingerprint density at radius 1 is 1.21 bits per heavy atom. The molecule has 1 aromatic heterocycles. The van der Waals surface area contributed by atoms with Crippen LogP contribution in [0, 0.1) is 0 Å². The Kier molecular flexibility index (Phi) is 7.87. The minimum absolute atomic E-state index is 0.102. The molecular weight excluding hydrogens is 456 g/mol. The van der Waals surface area contributed by atoms with Gasteiger partial charge >= 0.3 is 0 Å². The number of ether oxygens (including phenoxy) is 3. The molecule has 4 rings (SSSR count). The summed E-state index contributed by atoms with van der Waals surface area (Å²) in [5.41, 5.74) is 0.786. The summed E-state index contributed by atoms with van der Waals surface area (Å²) in [4.78, 5) is 30.9. The number of hydrogen-bond donors (Lipinski definition) is 1. The van der Waals surface area contributed by atoms with Crippen molar-refractivity contribution in [3.8, 4) is 11.5 Å². The van der Waals surface area contributed by atoms with E-state index in [1.165, 1.54) is 11.3 Å². The normalized spacial score (nSPS) is 19.1. The summed E-state index contributed by atoms with van der Waals surface area (Å²) >= 11 is 1.29. The van der Waals surface area contributed by atoms with E-state index in [2.05, 4.69) is 4.90 Å². The molecule has 1 N–H and O–H groups in total. The summed E-state index contributed by atoms with van der Waals surface area (Å²) < 4.78 is 16.5. The summed E-state index contributed by atoms with van der Waals surface area (Å²) in [6, 6.07) is 8.14. The molecule has 8 nitrogen and oxygen atoms in total. The fourth-order valence-corrected chi connectivity index (χ4v) is 5.10. The molecule has 3 heterocycles. The van der Waals surface area contributed by atoms with Gasteiger partial charge in [0.05, 0.1) is 43.4 Å². The van der Waals surface area contributed by atoms with Gasteiger partial charge in [0, 0.05) is 26.2 Å². The Bertz CT molecular complexity index is 1050. The zero-order valence-electron chi connectivity index (χ0n) is 19.5. The lowest BCUT2D eigenvalue weighted by atomic mass is 9.95. The van der Waals surface area contributed by atoms with E-state index in [0.717, 1.165) is 19.6 Å². The third-order valence-corrected chi connectivity index (χ3v) is 6.94. The molecule has 0 aliphatic carbocycles. The number of methoxy groups -OCH3 is 1. The number of ketones is 1. The number of hydrogen-bond acceptors (Lipinski definition) is 8. The second-order valence-corrected chi connectivity index (χ2v) is 9.07. The number of thiophene rings is 1. The van der Waals surface area contributed by atoms with Gasteiger partial charge in [0.25, 0.3) is 5.91 Å². The van der Waals surface area contributed by atoms with E-state index in [4.69, 9.17) is 14.2 Å². The van der Waals surface area contributed by atoms with Crippen LogP contribution in [0.2, 0.25) is 0 Å². The lowest BCUT2D eigenvalue weighted by Gasteiger charge is -2.30. The average molecular weight is 487 g/mol. The second kappa shape index (κ2) is 11.0. The highest BCUT2D eigenvalue weighted by Gasteiger charge is 2.44. The number of carbonyl (C=O) groups is 2. The summed E-state index contributed by atoms with van der Waals surface area (Å²) in [7, 11) is 1.55. The van der Waals surface area contributed by atoms with Gasteiger partial charge in [0.2, 0.25) is 5.78 Å². The SMILES string of the molecule is CCOc1ccc([C@H]2C(C(=O)c3cccs3)=C(O)C(=O)N2CCCN2CCOCC2)cc1OC. The third kappa shape index (κ3) is 4.96. The number of aliphatic hydroxyl groups is 1. The number of aliphatic hydroxyl groups excluding tert-OH is 1. The summed E-state index contributed by atoms with van der Waals surface area (Å²) in [6.07, 6.45) is 0.712. The van der Waals surface area contributed by atoms with Crippen molar-refractivity contribution in [1.82, 2.24) is 9.80 Å². The van der Waals surface area contributed by atoms with Crippen molar-refractivity contribution in [3.05, 3.63) is 57.5 Å². The summed E-state index contributed by atoms with van der Waals surface area (Å²) in [5, 5.41) is 12.6. The molecular formula is C25H30N2O6S. The smallest absolute Gasteiger partial charge is 0.290 e. The molecule has 0 spiro atoms. The van der Waals surface area contributed by atoms with Gasteiger partial charge in [-0.1, -0.05) is 12.1 Å². The molecule has 1 atom stereocenters. The second-order valence-electron chi connectivity index (χ2n) is 8.12. The Labute approximate surface area is 203 Å². The molecule has 1 saturated heterocycles. The predicted octanol–water partition coefficient (Wildman–Crippen LogP) is 3.46. The fourth-order valence-electron chi connectivity index (χ4n) is 4.42. The number of amides is 1. The molecule has 2 aliphatic heterocycles. The van der Waals surface area contributed by atoms with E-state index >= 15 is 0 Å². The van der Waals surface area contributed by atoms with E-state index in [1.54, 1.807) is 41.7 Å². The highest BCUT2D eigenvalue weighted by atomic mass is 32.1. The van der Waals surface area contributed by atoms with Crippen molar-refractivity contribution in [2.75, 3.05) is 53.1 Å². The maximum atomic E-state index is 13.4. The largest absolute Gasteiger partial charge is 0.503 e. The first kappa shape index (κ1) is 24.3. The molecule has 1 fully saturated rings. The summed E-state index contributed by atoms with van der Waals surface area (Å²) in [5.74, 6) is -0.262. The minimum atomic E-state index is -0.712. The monoisotopic (exact) mass is 486 g/mol. The highest BCUT2D eigenvalue weighted by Crippen LogP contribution is 2.42. The Balaban J connectivity index is 1.65. The van der Waals surface area contributed by atoms with Gasteiger partial charge in [-0.3, -0.25) is 14.5 Å². The van der Waals surface area contributed by atoms with E-state index < -0.39 is 17.7 Å². The van der Waals surface area contributed by atoms with Gasteiger partial charge in [-0.2, -0.15) is 0 Å². The first-order valence-electron chi connectivity index (χ1n) is 11.5. The van der Waals surface area contributed by atoms with Crippen molar-refractivity contribution in [2.45, 2.75) is 19.4 Å². The van der Waals surface area contributed by atoms with Crippen LogP contribution in [0.5, 0.6) is 11.5 Å². The highest BCUT2D eigenvalue weighted by molar-refractivity contribution is 7.12. The number of benzene rings is 1. The van der Waals surface area contributed by atoms with Crippen molar-refractivity contribution in [2.24, 2.45) is 0 Å². The first-order valence-corrected chi connectivity index (χ1v) is 12.4. The van der Waals surface area contributed by atoms with Gasteiger partial charge in [0.1, 0.15) is 0 Å². The molecule has 182 valence electrons. The van der Waals surface area contributed by atoms with Crippen molar-refractivity contribution >= 4 is 23.0 Å². The lowest BCUT2D eigenvalue weighted by Crippen LogP contribution is -2.39. The van der Waals surface area contributed by atoms with Crippen LogP contribution in [-0.2, 0) is 9.53 Å². The van der Waals surface area contributed by atoms with Gasteiger partial charge in [-0.15, -0.1) is 11.3 Å². The van der Waals surface area contributed by atoms with Gasteiger partial charge in [-0.05, 0) is 42.5 Å². The Hall–Kier alpha value is -2.88. The van der Waals surface area contributed by atoms with Crippen molar-refractivity contribution < 1.29 is 28.9 Å². The molecule has 2 aliphatic rings. The van der Waals surface area contributed by atoms with Gasteiger partial charge < -0.3 is 24.2 Å². The Morgan fingerprint density at radius 2 is 2.00 bits per heavy atom. The molecule has 1 aromatic carbocycles. The molecule has 9 heteroatoms. The number of rotatable bonds is 10. The fraction of sp³-hybridized carbons (Fsp3) is 0.440.